The highest BCUT2D eigenvalue weighted by Crippen LogP contribution is 2.14. The fraction of sp³-hybridized carbons (Fsp3) is 1.00. The van der Waals surface area contributed by atoms with E-state index < -0.39 is 0 Å². The monoisotopic (exact) mass is 255 g/mol. The summed E-state index contributed by atoms with van der Waals surface area (Å²) in [7, 11) is 0. The summed E-state index contributed by atoms with van der Waals surface area (Å²) in [4.78, 5) is 0. The summed E-state index contributed by atoms with van der Waals surface area (Å²) in [5.41, 5.74) is 0. The molecule has 0 aliphatic carbocycles. The van der Waals surface area contributed by atoms with Gasteiger partial charge in [0, 0.05) is 6.04 Å². The molecular weight excluding hydrogens is 218 g/mol. The van der Waals surface area contributed by atoms with Gasteiger partial charge in [0.05, 0.1) is 0 Å². The lowest BCUT2D eigenvalue weighted by molar-refractivity contribution is 0.409. The first-order valence-electron chi connectivity index (χ1n) is 8.44. The maximum Gasteiger partial charge on any atom is 0.00669 e. The molecule has 1 atom stereocenters. The van der Waals surface area contributed by atoms with Crippen molar-refractivity contribution < 1.29 is 0 Å². The molecule has 0 heterocycles. The van der Waals surface area contributed by atoms with Crippen molar-refractivity contribution in [1.82, 2.24) is 5.32 Å². The summed E-state index contributed by atoms with van der Waals surface area (Å²) in [5.74, 6) is 0.862. The predicted molar refractivity (Wildman–Crippen MR) is 84.1 cm³/mol. The van der Waals surface area contributed by atoms with Gasteiger partial charge < -0.3 is 5.32 Å². The van der Waals surface area contributed by atoms with Crippen molar-refractivity contribution in [1.29, 1.82) is 0 Å². The SMILES string of the molecule is CCCCCCCCC(CCCC(C)C)NCC. The number of hydrogen-bond donors (Lipinski definition) is 1. The highest BCUT2D eigenvalue weighted by Gasteiger charge is 2.07. The summed E-state index contributed by atoms with van der Waals surface area (Å²) >= 11 is 0. The maximum atomic E-state index is 3.66. The Balaban J connectivity index is 3.50. The average molecular weight is 255 g/mol. The van der Waals surface area contributed by atoms with E-state index in [4.69, 9.17) is 0 Å². The summed E-state index contributed by atoms with van der Waals surface area (Å²) in [6, 6.07) is 0.778. The van der Waals surface area contributed by atoms with Crippen LogP contribution in [0.5, 0.6) is 0 Å². The molecule has 0 fully saturated rings. The first kappa shape index (κ1) is 18.0. The highest BCUT2D eigenvalue weighted by molar-refractivity contribution is 4.66. The van der Waals surface area contributed by atoms with Gasteiger partial charge in [-0.2, -0.15) is 0 Å². The zero-order chi connectivity index (χ0) is 13.6. The molecule has 0 bridgehead atoms. The van der Waals surface area contributed by atoms with Crippen LogP contribution in [0, 0.1) is 5.92 Å². The Bertz CT molecular complexity index is 154. The second-order valence-electron chi connectivity index (χ2n) is 6.14. The fourth-order valence-electron chi connectivity index (χ4n) is 2.58. The third-order valence-electron chi connectivity index (χ3n) is 3.73. The Hall–Kier alpha value is -0.0400. The van der Waals surface area contributed by atoms with E-state index in [9.17, 15) is 0 Å². The van der Waals surface area contributed by atoms with Crippen LogP contribution in [0.1, 0.15) is 91.9 Å². The smallest absolute Gasteiger partial charge is 0.00669 e. The number of rotatable bonds is 13. The molecule has 1 unspecified atom stereocenters. The van der Waals surface area contributed by atoms with Crippen molar-refractivity contribution in [2.75, 3.05) is 6.54 Å². The Morgan fingerprint density at radius 2 is 1.33 bits per heavy atom. The lowest BCUT2D eigenvalue weighted by atomic mass is 9.98. The number of nitrogens with one attached hydrogen (secondary N) is 1. The largest absolute Gasteiger partial charge is 0.314 e. The van der Waals surface area contributed by atoms with Crippen molar-refractivity contribution in [2.24, 2.45) is 5.92 Å². The molecule has 0 aliphatic heterocycles. The van der Waals surface area contributed by atoms with Gasteiger partial charge in [0.1, 0.15) is 0 Å². The number of unbranched alkanes of at least 4 members (excludes halogenated alkanes) is 5. The van der Waals surface area contributed by atoms with Gasteiger partial charge in [-0.05, 0) is 25.3 Å². The van der Waals surface area contributed by atoms with Crippen molar-refractivity contribution in [3.05, 3.63) is 0 Å². The van der Waals surface area contributed by atoms with Gasteiger partial charge in [-0.3, -0.25) is 0 Å². The molecule has 0 aromatic heterocycles. The zero-order valence-corrected chi connectivity index (χ0v) is 13.4. The maximum absolute atomic E-state index is 3.66. The first-order chi connectivity index (χ1) is 8.70. The lowest BCUT2D eigenvalue weighted by Gasteiger charge is -2.18. The fourth-order valence-corrected chi connectivity index (χ4v) is 2.58. The summed E-state index contributed by atoms with van der Waals surface area (Å²) in [6.07, 6.45) is 14.1. The Morgan fingerprint density at radius 3 is 1.94 bits per heavy atom. The molecular formula is C17H37N. The lowest BCUT2D eigenvalue weighted by Crippen LogP contribution is -2.28. The van der Waals surface area contributed by atoms with Gasteiger partial charge in [-0.1, -0.05) is 79.1 Å². The molecule has 0 rings (SSSR count). The number of hydrogen-bond acceptors (Lipinski definition) is 1. The molecule has 1 nitrogen and oxygen atoms in total. The van der Waals surface area contributed by atoms with E-state index in [1.54, 1.807) is 0 Å². The molecule has 0 aliphatic rings. The van der Waals surface area contributed by atoms with E-state index in [2.05, 4.69) is 33.0 Å². The molecule has 0 aromatic rings. The van der Waals surface area contributed by atoms with Gasteiger partial charge in [0.25, 0.3) is 0 Å². The molecule has 18 heavy (non-hydrogen) atoms. The Kier molecular flexibility index (Phi) is 13.4. The van der Waals surface area contributed by atoms with Gasteiger partial charge in [0.15, 0.2) is 0 Å². The predicted octanol–water partition coefficient (Wildman–Crippen LogP) is 5.54. The van der Waals surface area contributed by atoms with Gasteiger partial charge in [-0.25, -0.2) is 0 Å². The van der Waals surface area contributed by atoms with Crippen molar-refractivity contribution >= 4 is 0 Å². The van der Waals surface area contributed by atoms with Crippen LogP contribution in [0.3, 0.4) is 0 Å². The van der Waals surface area contributed by atoms with Gasteiger partial charge >= 0.3 is 0 Å². The second kappa shape index (κ2) is 13.4. The average Bonchev–Trinajstić information content (AvgIpc) is 2.33. The molecule has 0 radical (unpaired) electrons. The van der Waals surface area contributed by atoms with Crippen LogP contribution in [0.2, 0.25) is 0 Å². The standard InChI is InChI=1S/C17H37N/c1-5-7-8-9-10-11-14-17(18-6-2)15-12-13-16(3)4/h16-18H,5-15H2,1-4H3. The normalized spacial score (nSPS) is 13.2. The van der Waals surface area contributed by atoms with Crippen molar-refractivity contribution in [2.45, 2.75) is 97.9 Å². The van der Waals surface area contributed by atoms with Gasteiger partial charge in [-0.15, -0.1) is 0 Å². The Labute approximate surface area is 116 Å². The van der Waals surface area contributed by atoms with E-state index in [0.29, 0.717) is 0 Å². The van der Waals surface area contributed by atoms with E-state index in [-0.39, 0.29) is 0 Å². The topological polar surface area (TPSA) is 12.0 Å². The van der Waals surface area contributed by atoms with Crippen LogP contribution in [0.15, 0.2) is 0 Å². The minimum atomic E-state index is 0.778. The van der Waals surface area contributed by atoms with E-state index >= 15 is 0 Å². The second-order valence-corrected chi connectivity index (χ2v) is 6.14. The third kappa shape index (κ3) is 12.4. The molecule has 0 saturated carbocycles. The van der Waals surface area contributed by atoms with Crippen LogP contribution in [-0.2, 0) is 0 Å². The van der Waals surface area contributed by atoms with Crippen LogP contribution in [-0.4, -0.2) is 12.6 Å². The highest BCUT2D eigenvalue weighted by atomic mass is 14.9. The van der Waals surface area contributed by atoms with E-state index in [1.807, 2.05) is 0 Å². The van der Waals surface area contributed by atoms with Crippen LogP contribution >= 0.6 is 0 Å². The van der Waals surface area contributed by atoms with Crippen LogP contribution in [0.25, 0.3) is 0 Å². The minimum Gasteiger partial charge on any atom is -0.314 e. The zero-order valence-electron chi connectivity index (χ0n) is 13.4. The summed E-state index contributed by atoms with van der Waals surface area (Å²) in [5, 5.41) is 3.66. The molecule has 0 spiro atoms. The third-order valence-corrected chi connectivity index (χ3v) is 3.73. The van der Waals surface area contributed by atoms with Crippen molar-refractivity contribution in [3.63, 3.8) is 0 Å². The van der Waals surface area contributed by atoms with Gasteiger partial charge in [0.2, 0.25) is 0 Å². The van der Waals surface area contributed by atoms with Crippen LogP contribution in [0.4, 0.5) is 0 Å². The Morgan fingerprint density at radius 1 is 0.722 bits per heavy atom. The van der Waals surface area contributed by atoms with E-state index in [0.717, 1.165) is 18.5 Å². The molecule has 0 amide bonds. The van der Waals surface area contributed by atoms with Crippen LogP contribution < -0.4 is 5.32 Å². The van der Waals surface area contributed by atoms with E-state index in [1.165, 1.54) is 64.2 Å². The quantitative estimate of drug-likeness (QED) is 0.426. The van der Waals surface area contributed by atoms with Crippen molar-refractivity contribution in [3.8, 4) is 0 Å². The molecule has 0 aromatic carbocycles. The minimum absolute atomic E-state index is 0.778. The summed E-state index contributed by atoms with van der Waals surface area (Å²) < 4.78 is 0. The molecule has 1 N–H and O–H groups in total. The first-order valence-corrected chi connectivity index (χ1v) is 8.44. The summed E-state index contributed by atoms with van der Waals surface area (Å²) in [6.45, 7) is 10.3. The molecule has 1 heteroatoms. The molecule has 110 valence electrons. The molecule has 0 saturated heterocycles.